The zero-order valence-corrected chi connectivity index (χ0v) is 22.3. The molecular formula is C20H38Cl4N8O. The van der Waals surface area contributed by atoms with Crippen molar-refractivity contribution in [1.82, 2.24) is 20.2 Å². The van der Waals surface area contributed by atoms with Crippen LogP contribution in [0.15, 0.2) is 4.99 Å². The molecule has 2 heterocycles. The van der Waals surface area contributed by atoms with Gasteiger partial charge in [-0.2, -0.15) is 0 Å². The predicted molar refractivity (Wildman–Crippen MR) is 144 cm³/mol. The molecule has 192 valence electrons. The number of unbranched alkanes of at least 4 members (excludes halogenated alkanes) is 3. The zero-order chi connectivity index (χ0) is 21.9. The Hall–Kier alpha value is -1.26. The van der Waals surface area contributed by atoms with Gasteiger partial charge in [-0.1, -0.05) is 44.2 Å². The number of carbonyl (C=O) groups is 1. The summed E-state index contributed by atoms with van der Waals surface area (Å²) in [6.45, 7) is 6.52. The normalized spacial score (nSPS) is 14.5. The fourth-order valence-corrected chi connectivity index (χ4v) is 3.78. The molecule has 1 aromatic rings. The second-order valence-electron chi connectivity index (χ2n) is 7.84. The van der Waals surface area contributed by atoms with Crippen LogP contribution in [0.3, 0.4) is 0 Å². The first kappa shape index (κ1) is 33.9. The number of amides is 1. The lowest BCUT2D eigenvalue weighted by atomic mass is 9.91. The highest BCUT2D eigenvalue weighted by Gasteiger charge is 2.18. The van der Waals surface area contributed by atoms with Crippen molar-refractivity contribution < 1.29 is 4.79 Å². The maximum absolute atomic E-state index is 12.2. The average Bonchev–Trinajstić information content (AvgIpc) is 2.71. The molecule has 1 aliphatic heterocycles. The summed E-state index contributed by atoms with van der Waals surface area (Å²) in [7, 11) is 0. The van der Waals surface area contributed by atoms with E-state index in [0.29, 0.717) is 6.54 Å². The summed E-state index contributed by atoms with van der Waals surface area (Å²) < 4.78 is 0. The number of nitrogens with two attached hydrogens (primary N) is 3. The maximum Gasteiger partial charge on any atom is 0.280 e. The van der Waals surface area contributed by atoms with Crippen LogP contribution in [0.1, 0.15) is 68.8 Å². The van der Waals surface area contributed by atoms with E-state index < -0.39 is 5.91 Å². The number of aliphatic imine (C=N–C) groups is 1. The van der Waals surface area contributed by atoms with Gasteiger partial charge in [0.05, 0.1) is 0 Å². The Morgan fingerprint density at radius 3 is 2.39 bits per heavy atom. The number of guanidine groups is 1. The van der Waals surface area contributed by atoms with Gasteiger partial charge in [0.1, 0.15) is 0 Å². The van der Waals surface area contributed by atoms with Gasteiger partial charge in [0, 0.05) is 6.54 Å². The van der Waals surface area contributed by atoms with E-state index >= 15 is 0 Å². The third-order valence-electron chi connectivity index (χ3n) is 5.45. The number of hydrogen-bond donors (Lipinski definition) is 4. The number of anilines is 2. The van der Waals surface area contributed by atoms with Gasteiger partial charge in [0.25, 0.3) is 5.91 Å². The third kappa shape index (κ3) is 12.1. The molecule has 9 nitrogen and oxygen atoms in total. The van der Waals surface area contributed by atoms with Crippen molar-refractivity contribution >= 4 is 72.3 Å². The van der Waals surface area contributed by atoms with Gasteiger partial charge in [-0.05, 0) is 51.2 Å². The molecule has 0 saturated carbocycles. The lowest BCUT2D eigenvalue weighted by molar-refractivity contribution is 0.0972. The standard InChI is InChI=1S/C20H35ClN8O.3ClH/c1-2-3-6-11-29-12-8-14(9-13-29)7-4-5-10-25-20(24)28-19(30)15-17(22)27-18(23)16(21)26-15;;;/h14H,2-13H2,1H3,(H4,22,23,27)(H3,24,25,28,30);3*1H. The minimum absolute atomic E-state index is 0. The molecule has 0 radical (unpaired) electrons. The number of nitrogen functional groups attached to an aromatic ring is 2. The van der Waals surface area contributed by atoms with E-state index in [0.717, 1.165) is 18.8 Å². The van der Waals surface area contributed by atoms with Crippen molar-refractivity contribution in [2.24, 2.45) is 16.6 Å². The molecule has 0 aliphatic carbocycles. The maximum atomic E-state index is 12.2. The minimum Gasteiger partial charge on any atom is -0.382 e. The van der Waals surface area contributed by atoms with Crippen LogP contribution in [0.2, 0.25) is 5.15 Å². The summed E-state index contributed by atoms with van der Waals surface area (Å²) in [6.07, 6.45) is 9.78. The molecule has 1 fully saturated rings. The number of likely N-dealkylation sites (tertiary alicyclic amines) is 1. The number of nitrogens with zero attached hydrogens (tertiary/aromatic N) is 4. The average molecular weight is 548 g/mol. The molecule has 0 spiro atoms. The first-order valence-electron chi connectivity index (χ1n) is 10.8. The van der Waals surface area contributed by atoms with E-state index in [2.05, 4.69) is 32.1 Å². The third-order valence-corrected chi connectivity index (χ3v) is 5.73. The van der Waals surface area contributed by atoms with Gasteiger partial charge in [-0.3, -0.25) is 15.1 Å². The minimum atomic E-state index is -0.617. The van der Waals surface area contributed by atoms with Gasteiger partial charge in [0.2, 0.25) is 0 Å². The van der Waals surface area contributed by atoms with Gasteiger partial charge < -0.3 is 22.1 Å². The Morgan fingerprint density at radius 1 is 1.09 bits per heavy atom. The second-order valence-corrected chi connectivity index (χ2v) is 8.20. The molecule has 0 bridgehead atoms. The van der Waals surface area contributed by atoms with E-state index in [1.165, 1.54) is 58.2 Å². The smallest absolute Gasteiger partial charge is 0.280 e. The van der Waals surface area contributed by atoms with Crippen molar-refractivity contribution in [3.63, 3.8) is 0 Å². The summed E-state index contributed by atoms with van der Waals surface area (Å²) in [5.74, 6) is 0.0711. The zero-order valence-electron chi connectivity index (χ0n) is 19.1. The predicted octanol–water partition coefficient (Wildman–Crippen LogP) is 3.68. The van der Waals surface area contributed by atoms with Gasteiger partial charge >= 0.3 is 0 Å². The molecule has 1 aromatic heterocycles. The van der Waals surface area contributed by atoms with Gasteiger partial charge in [-0.15, -0.1) is 37.2 Å². The first-order chi connectivity index (χ1) is 14.4. The summed E-state index contributed by atoms with van der Waals surface area (Å²) in [5.41, 5.74) is 16.8. The van der Waals surface area contributed by atoms with Crippen LogP contribution in [-0.2, 0) is 0 Å². The fourth-order valence-electron chi connectivity index (χ4n) is 3.65. The van der Waals surface area contributed by atoms with Gasteiger partial charge in [-0.25, -0.2) is 9.97 Å². The van der Waals surface area contributed by atoms with Gasteiger partial charge in [0.15, 0.2) is 28.4 Å². The number of carbonyl (C=O) groups excluding carboxylic acids is 1. The molecule has 1 aliphatic rings. The summed E-state index contributed by atoms with van der Waals surface area (Å²) in [6, 6.07) is 0. The number of aromatic nitrogens is 2. The Morgan fingerprint density at radius 2 is 1.76 bits per heavy atom. The number of hydrogen-bond acceptors (Lipinski definition) is 7. The van der Waals surface area contributed by atoms with Crippen LogP contribution in [0.4, 0.5) is 11.6 Å². The Balaban J connectivity index is 0. The summed E-state index contributed by atoms with van der Waals surface area (Å²) in [4.78, 5) is 26.6. The fraction of sp³-hybridized carbons (Fsp3) is 0.700. The van der Waals surface area contributed by atoms with Crippen molar-refractivity contribution in [3.05, 3.63) is 10.8 Å². The van der Waals surface area contributed by atoms with E-state index in [1.807, 2.05) is 0 Å². The van der Waals surface area contributed by atoms with Crippen LogP contribution in [0.25, 0.3) is 0 Å². The molecule has 33 heavy (non-hydrogen) atoms. The largest absolute Gasteiger partial charge is 0.382 e. The molecule has 13 heteroatoms. The molecule has 0 atom stereocenters. The number of nitrogens with one attached hydrogen (secondary N) is 1. The van der Waals surface area contributed by atoms with Crippen LogP contribution < -0.4 is 22.5 Å². The summed E-state index contributed by atoms with van der Waals surface area (Å²) in [5, 5.41) is 2.36. The Bertz CT molecular complexity index is 730. The van der Waals surface area contributed by atoms with E-state index in [-0.39, 0.29) is 65.7 Å². The van der Waals surface area contributed by atoms with Crippen molar-refractivity contribution in [1.29, 1.82) is 0 Å². The van der Waals surface area contributed by atoms with Crippen molar-refractivity contribution in [3.8, 4) is 0 Å². The topological polar surface area (TPSA) is 149 Å². The quantitative estimate of drug-likeness (QED) is 0.198. The van der Waals surface area contributed by atoms with E-state index in [9.17, 15) is 4.79 Å². The number of rotatable bonds is 10. The molecule has 1 amide bonds. The summed E-state index contributed by atoms with van der Waals surface area (Å²) >= 11 is 5.79. The van der Waals surface area contributed by atoms with Crippen LogP contribution in [0, 0.1) is 5.92 Å². The highest BCUT2D eigenvalue weighted by Crippen LogP contribution is 2.23. The monoisotopic (exact) mass is 546 g/mol. The van der Waals surface area contributed by atoms with Crippen LogP contribution in [0.5, 0.6) is 0 Å². The number of halogens is 4. The van der Waals surface area contributed by atoms with E-state index in [1.54, 1.807) is 0 Å². The molecule has 1 saturated heterocycles. The molecular weight excluding hydrogens is 510 g/mol. The van der Waals surface area contributed by atoms with Crippen LogP contribution >= 0.6 is 48.8 Å². The van der Waals surface area contributed by atoms with Crippen molar-refractivity contribution in [2.45, 2.75) is 58.3 Å². The molecule has 7 N–H and O–H groups in total. The van der Waals surface area contributed by atoms with E-state index in [4.69, 9.17) is 28.8 Å². The lowest BCUT2D eigenvalue weighted by Crippen LogP contribution is -2.38. The Labute approximate surface area is 220 Å². The molecule has 2 rings (SSSR count). The van der Waals surface area contributed by atoms with Crippen molar-refractivity contribution in [2.75, 3.05) is 37.6 Å². The lowest BCUT2D eigenvalue weighted by Gasteiger charge is -2.32. The highest BCUT2D eigenvalue weighted by atomic mass is 35.5. The highest BCUT2D eigenvalue weighted by molar-refractivity contribution is 6.31. The van der Waals surface area contributed by atoms with Crippen LogP contribution in [-0.4, -0.2) is 52.9 Å². The molecule has 0 aromatic carbocycles. The molecule has 0 unspecified atom stereocenters. The first-order valence-corrected chi connectivity index (χ1v) is 11.2. The Kier molecular flexibility index (Phi) is 18.6. The second kappa shape index (κ2) is 18.1. The SMILES string of the molecule is CCCCCN1CCC(CCCCN=C(N)NC(=O)c2nc(Cl)c(N)nc2N)CC1.Cl.Cl.Cl. The number of piperidine rings is 1.